The average Bonchev–Trinajstić information content (AvgIpc) is 3.22. The van der Waals surface area contributed by atoms with Crippen molar-refractivity contribution in [2.45, 2.75) is 117 Å². The van der Waals surface area contributed by atoms with Crippen LogP contribution >= 0.6 is 0 Å². The monoisotopic (exact) mass is 801 g/mol. The van der Waals surface area contributed by atoms with Gasteiger partial charge in [-0.2, -0.15) is 0 Å². The summed E-state index contributed by atoms with van der Waals surface area (Å²) >= 11 is 0. The summed E-state index contributed by atoms with van der Waals surface area (Å²) < 4.78 is 61.3. The molecule has 11 heteroatoms. The lowest BCUT2D eigenvalue weighted by molar-refractivity contribution is -0.0267. The average molecular weight is 801 g/mol. The molecule has 0 spiro atoms. The Balaban J connectivity index is 1.67. The van der Waals surface area contributed by atoms with Crippen molar-refractivity contribution in [3.05, 3.63) is 29.8 Å². The van der Waals surface area contributed by atoms with Gasteiger partial charge in [0.1, 0.15) is 12.4 Å². The van der Waals surface area contributed by atoms with Gasteiger partial charge < -0.3 is 52.1 Å². The second-order valence-corrected chi connectivity index (χ2v) is 14.0. The third kappa shape index (κ3) is 40.8. The zero-order valence-electron chi connectivity index (χ0n) is 36.0. The van der Waals surface area contributed by atoms with Crippen LogP contribution in [0.25, 0.3) is 0 Å². The van der Waals surface area contributed by atoms with Crippen molar-refractivity contribution in [1.82, 2.24) is 0 Å². The van der Waals surface area contributed by atoms with E-state index >= 15 is 0 Å². The highest BCUT2D eigenvalue weighted by atomic mass is 16.6. The fraction of sp³-hybridized carbons (Fsp3) is 0.867. The van der Waals surface area contributed by atoms with Crippen molar-refractivity contribution >= 4 is 0 Å². The van der Waals surface area contributed by atoms with Gasteiger partial charge in [-0.05, 0) is 37.0 Å². The molecule has 1 rings (SSSR count). The first-order chi connectivity index (χ1) is 27.9. The summed E-state index contributed by atoms with van der Waals surface area (Å²) in [5, 5.41) is 0. The Bertz CT molecular complexity index is 861. The second kappa shape index (κ2) is 46.3. The van der Waals surface area contributed by atoms with Gasteiger partial charge in [0, 0.05) is 6.61 Å². The predicted molar refractivity (Wildman–Crippen MR) is 224 cm³/mol. The minimum absolute atomic E-state index is 0.521. The predicted octanol–water partition coefficient (Wildman–Crippen LogP) is 8.67. The minimum atomic E-state index is 0.521. The zero-order valence-corrected chi connectivity index (χ0v) is 36.0. The molecule has 11 nitrogen and oxygen atoms in total. The van der Waals surface area contributed by atoms with Gasteiger partial charge >= 0.3 is 0 Å². The summed E-state index contributed by atoms with van der Waals surface area (Å²) in [5.41, 5.74) is 1.38. The standard InChI is InChI=1S/C45H84O11/c1-3-5-7-9-11-13-15-17-23-46-24-25-47-26-27-48-28-29-49-30-31-50-32-33-51-34-35-52-36-37-53-38-39-54-40-41-55-42-43-56-45-21-19-44(20-22-45)18-16-14-12-10-8-6-4-2/h19-22H,3-18,23-43H2,1-2H3. The Morgan fingerprint density at radius 1 is 0.268 bits per heavy atom. The van der Waals surface area contributed by atoms with E-state index in [2.05, 4.69) is 38.1 Å². The molecule has 0 aliphatic rings. The maximum atomic E-state index is 5.79. The van der Waals surface area contributed by atoms with Crippen molar-refractivity contribution in [2.24, 2.45) is 0 Å². The van der Waals surface area contributed by atoms with E-state index < -0.39 is 0 Å². The molecule has 0 bridgehead atoms. The van der Waals surface area contributed by atoms with Crippen molar-refractivity contribution in [3.8, 4) is 5.75 Å². The molecule has 0 unspecified atom stereocenters. The first-order valence-corrected chi connectivity index (χ1v) is 22.4. The van der Waals surface area contributed by atoms with Gasteiger partial charge in [-0.3, -0.25) is 0 Å². The van der Waals surface area contributed by atoms with Gasteiger partial charge in [0.2, 0.25) is 0 Å². The summed E-state index contributed by atoms with van der Waals surface area (Å²) in [7, 11) is 0. The molecule has 56 heavy (non-hydrogen) atoms. The van der Waals surface area contributed by atoms with Crippen LogP contribution in [0.4, 0.5) is 0 Å². The topological polar surface area (TPSA) is 102 Å². The molecule has 1 aromatic carbocycles. The lowest BCUT2D eigenvalue weighted by atomic mass is 10.0. The first-order valence-electron chi connectivity index (χ1n) is 22.4. The molecular weight excluding hydrogens is 716 g/mol. The van der Waals surface area contributed by atoms with E-state index in [0.717, 1.165) is 25.2 Å². The van der Waals surface area contributed by atoms with Gasteiger partial charge in [-0.25, -0.2) is 0 Å². The lowest BCUT2D eigenvalue weighted by Gasteiger charge is -2.09. The molecule has 0 N–H and O–H groups in total. The van der Waals surface area contributed by atoms with Gasteiger partial charge in [-0.1, -0.05) is 109 Å². The number of hydrogen-bond acceptors (Lipinski definition) is 11. The van der Waals surface area contributed by atoms with Gasteiger partial charge in [-0.15, -0.1) is 0 Å². The first kappa shape index (κ1) is 52.6. The van der Waals surface area contributed by atoms with E-state index in [1.54, 1.807) is 0 Å². The molecule has 0 atom stereocenters. The normalized spacial score (nSPS) is 11.5. The molecule has 0 aliphatic carbocycles. The molecule has 0 heterocycles. The largest absolute Gasteiger partial charge is 0.491 e. The van der Waals surface area contributed by atoms with Crippen molar-refractivity contribution in [3.63, 3.8) is 0 Å². The molecule has 0 radical (unpaired) electrons. The minimum Gasteiger partial charge on any atom is -0.491 e. The molecule has 0 saturated carbocycles. The molecule has 1 aromatic rings. The van der Waals surface area contributed by atoms with Crippen molar-refractivity contribution in [2.75, 3.05) is 139 Å². The summed E-state index contributed by atoms with van der Waals surface area (Å²) in [4.78, 5) is 0. The highest BCUT2D eigenvalue weighted by Gasteiger charge is 2.00. The van der Waals surface area contributed by atoms with E-state index in [-0.39, 0.29) is 0 Å². The van der Waals surface area contributed by atoms with Crippen LogP contribution in [0.3, 0.4) is 0 Å². The summed E-state index contributed by atoms with van der Waals surface area (Å²) in [5.74, 6) is 0.890. The molecule has 330 valence electrons. The van der Waals surface area contributed by atoms with Crippen molar-refractivity contribution < 1.29 is 52.1 Å². The van der Waals surface area contributed by atoms with Crippen LogP contribution in [0.5, 0.6) is 5.75 Å². The fourth-order valence-corrected chi connectivity index (χ4v) is 5.68. The van der Waals surface area contributed by atoms with Crippen LogP contribution in [0.15, 0.2) is 24.3 Å². The molecule has 0 aromatic heterocycles. The van der Waals surface area contributed by atoms with Gasteiger partial charge in [0.15, 0.2) is 0 Å². The second-order valence-electron chi connectivity index (χ2n) is 14.0. The smallest absolute Gasteiger partial charge is 0.119 e. The van der Waals surface area contributed by atoms with E-state index in [9.17, 15) is 0 Å². The SMILES string of the molecule is CCCCCCCCCCOCCOCCOCCOCCOCCOCCOCCOCCOCCOCCOc1ccc(CCCCCCCCC)cc1. The quantitative estimate of drug-likeness (QED) is 0.0592. The van der Waals surface area contributed by atoms with E-state index in [4.69, 9.17) is 52.1 Å². The summed E-state index contributed by atoms with van der Waals surface area (Å²) in [6.07, 6.45) is 21.1. The third-order valence-electron chi connectivity index (χ3n) is 8.98. The number of aryl methyl sites for hydroxylation is 1. The Morgan fingerprint density at radius 3 is 0.875 bits per heavy atom. The van der Waals surface area contributed by atoms with Crippen LogP contribution < -0.4 is 4.74 Å². The maximum Gasteiger partial charge on any atom is 0.119 e. The fourth-order valence-electron chi connectivity index (χ4n) is 5.68. The van der Waals surface area contributed by atoms with E-state index in [0.29, 0.717) is 132 Å². The number of benzene rings is 1. The van der Waals surface area contributed by atoms with Crippen LogP contribution in [0.1, 0.15) is 116 Å². The lowest BCUT2D eigenvalue weighted by Crippen LogP contribution is -2.15. The van der Waals surface area contributed by atoms with E-state index in [1.165, 1.54) is 95.5 Å². The Labute approximate surface area is 342 Å². The Hall–Kier alpha value is -1.38. The summed E-state index contributed by atoms with van der Waals surface area (Å²) in [6.45, 7) is 16.2. The number of hydrogen-bond donors (Lipinski definition) is 0. The molecule has 0 aliphatic heterocycles. The van der Waals surface area contributed by atoms with Crippen molar-refractivity contribution in [1.29, 1.82) is 0 Å². The number of rotatable bonds is 48. The third-order valence-corrected chi connectivity index (χ3v) is 8.98. The van der Waals surface area contributed by atoms with Crippen LogP contribution in [0.2, 0.25) is 0 Å². The van der Waals surface area contributed by atoms with Gasteiger partial charge in [0.05, 0.1) is 126 Å². The number of unbranched alkanes of at least 4 members (excludes halogenated alkanes) is 13. The van der Waals surface area contributed by atoms with Gasteiger partial charge in [0.25, 0.3) is 0 Å². The number of ether oxygens (including phenoxy) is 11. The van der Waals surface area contributed by atoms with Crippen LogP contribution in [-0.4, -0.2) is 139 Å². The summed E-state index contributed by atoms with van der Waals surface area (Å²) in [6, 6.07) is 8.47. The molecular formula is C45H84O11. The Morgan fingerprint density at radius 2 is 0.536 bits per heavy atom. The van der Waals surface area contributed by atoms with Crippen LogP contribution in [0, 0.1) is 0 Å². The highest BCUT2D eigenvalue weighted by molar-refractivity contribution is 5.27. The Kier molecular flexibility index (Phi) is 43.5. The van der Waals surface area contributed by atoms with Crippen LogP contribution in [-0.2, 0) is 53.8 Å². The molecule has 0 amide bonds. The molecule has 0 saturated heterocycles. The zero-order chi connectivity index (χ0) is 39.9. The molecule has 0 fully saturated rings. The maximum absolute atomic E-state index is 5.79. The van der Waals surface area contributed by atoms with E-state index in [1.807, 2.05) is 0 Å². The highest BCUT2D eigenvalue weighted by Crippen LogP contribution is 2.15.